The van der Waals surface area contributed by atoms with Gasteiger partial charge in [0.05, 0.1) is 10.9 Å². The molecular weight excluding hydrogens is 336 g/mol. The van der Waals surface area contributed by atoms with Gasteiger partial charge in [-0.15, -0.1) is 0 Å². The van der Waals surface area contributed by atoms with Gasteiger partial charge in [0.1, 0.15) is 16.7 Å². The summed E-state index contributed by atoms with van der Waals surface area (Å²) in [6.07, 6.45) is 1.56. The maximum absolute atomic E-state index is 13.1. The van der Waals surface area contributed by atoms with Crippen LogP contribution >= 0.6 is 11.8 Å². The van der Waals surface area contributed by atoms with Crippen LogP contribution in [0.2, 0.25) is 0 Å². The van der Waals surface area contributed by atoms with Crippen molar-refractivity contribution in [1.29, 1.82) is 0 Å². The molecule has 0 aliphatic carbocycles. The fraction of sp³-hybridized carbons (Fsp3) is 0.188. The summed E-state index contributed by atoms with van der Waals surface area (Å²) in [6.45, 7) is -0.0125. The number of rotatable bonds is 4. The zero-order valence-corrected chi connectivity index (χ0v) is 13.2. The quantitative estimate of drug-likeness (QED) is 0.890. The Morgan fingerprint density at radius 2 is 2.04 bits per heavy atom. The van der Waals surface area contributed by atoms with E-state index in [2.05, 4.69) is 15.6 Å². The summed E-state index contributed by atoms with van der Waals surface area (Å²) in [5, 5.41) is 5.32. The Balaban J connectivity index is 1.58. The van der Waals surface area contributed by atoms with Gasteiger partial charge in [0, 0.05) is 25.2 Å². The minimum absolute atomic E-state index is 0.0125. The molecule has 5 nitrogen and oxygen atoms in total. The van der Waals surface area contributed by atoms with Crippen molar-refractivity contribution in [1.82, 2.24) is 10.3 Å². The number of aromatic nitrogens is 1. The number of nitrogens with zero attached hydrogens (tertiary/aromatic N) is 1. The summed E-state index contributed by atoms with van der Waals surface area (Å²) in [5.74, 6) is -2.06. The number of carbonyl (C=O) groups is 2. The molecule has 2 aromatic rings. The van der Waals surface area contributed by atoms with Crippen LogP contribution in [0.15, 0.2) is 41.6 Å². The Morgan fingerprint density at radius 3 is 2.79 bits per heavy atom. The predicted octanol–water partition coefficient (Wildman–Crippen LogP) is 2.48. The van der Waals surface area contributed by atoms with E-state index in [0.717, 1.165) is 18.2 Å². The minimum atomic E-state index is -0.704. The highest BCUT2D eigenvalue weighted by molar-refractivity contribution is 8.00. The molecule has 24 heavy (non-hydrogen) atoms. The van der Waals surface area contributed by atoms with E-state index >= 15 is 0 Å². The van der Waals surface area contributed by atoms with Gasteiger partial charge in [0.15, 0.2) is 0 Å². The highest BCUT2D eigenvalue weighted by Gasteiger charge is 2.29. The molecule has 0 fully saturated rings. The van der Waals surface area contributed by atoms with E-state index in [1.54, 1.807) is 18.3 Å². The van der Waals surface area contributed by atoms with Crippen molar-refractivity contribution in [2.24, 2.45) is 0 Å². The minimum Gasteiger partial charge on any atom is -0.352 e. The van der Waals surface area contributed by atoms with Gasteiger partial charge >= 0.3 is 0 Å². The second kappa shape index (κ2) is 6.96. The van der Waals surface area contributed by atoms with E-state index < -0.39 is 16.9 Å². The number of nitrogens with one attached hydrogen (secondary N) is 2. The second-order valence-electron chi connectivity index (χ2n) is 5.21. The average Bonchev–Trinajstić information content (AvgIpc) is 2.53. The molecule has 2 amide bonds. The molecule has 1 aliphatic rings. The van der Waals surface area contributed by atoms with Gasteiger partial charge in [-0.2, -0.15) is 0 Å². The van der Waals surface area contributed by atoms with Crippen LogP contribution in [0.4, 0.5) is 14.5 Å². The lowest BCUT2D eigenvalue weighted by atomic mass is 10.2. The first-order valence-corrected chi connectivity index (χ1v) is 8.03. The second-order valence-corrected chi connectivity index (χ2v) is 6.40. The molecule has 0 saturated carbocycles. The molecule has 3 rings (SSSR count). The van der Waals surface area contributed by atoms with Crippen molar-refractivity contribution < 1.29 is 18.4 Å². The molecule has 0 spiro atoms. The third kappa shape index (κ3) is 3.88. The van der Waals surface area contributed by atoms with Gasteiger partial charge in [0.2, 0.25) is 11.8 Å². The molecule has 1 aliphatic heterocycles. The van der Waals surface area contributed by atoms with Crippen LogP contribution in [-0.2, 0) is 16.1 Å². The summed E-state index contributed by atoms with van der Waals surface area (Å²) in [5.41, 5.74) is 0.938. The standard InChI is InChI=1S/C16H13F2N3O2S/c17-10-4-9(5-11(18)6-10)8-20-14(22)7-13-15(23)21-12-2-1-3-19-16(12)24-13/h1-6,13H,7-8H2,(H,20,22)(H,21,23). The zero-order valence-electron chi connectivity index (χ0n) is 12.4. The van der Waals surface area contributed by atoms with E-state index in [1.807, 2.05) is 0 Å². The number of benzene rings is 1. The number of carbonyl (C=O) groups excluding carboxylic acids is 2. The Bertz CT molecular complexity index is 780. The molecule has 1 aromatic heterocycles. The van der Waals surface area contributed by atoms with Crippen LogP contribution in [0.3, 0.4) is 0 Å². The van der Waals surface area contributed by atoms with Crippen LogP contribution < -0.4 is 10.6 Å². The first kappa shape index (κ1) is 16.4. The van der Waals surface area contributed by atoms with Crippen molar-refractivity contribution in [2.75, 3.05) is 5.32 Å². The largest absolute Gasteiger partial charge is 0.352 e. The van der Waals surface area contributed by atoms with Crippen molar-refractivity contribution in [2.45, 2.75) is 23.2 Å². The van der Waals surface area contributed by atoms with Crippen molar-refractivity contribution in [3.8, 4) is 0 Å². The number of hydrogen-bond donors (Lipinski definition) is 2. The van der Waals surface area contributed by atoms with E-state index in [0.29, 0.717) is 16.3 Å². The van der Waals surface area contributed by atoms with Gasteiger partial charge in [-0.05, 0) is 29.8 Å². The zero-order chi connectivity index (χ0) is 17.1. The van der Waals surface area contributed by atoms with Crippen LogP contribution in [0.5, 0.6) is 0 Å². The van der Waals surface area contributed by atoms with E-state index in [9.17, 15) is 18.4 Å². The number of halogens is 2. The third-order valence-corrected chi connectivity index (χ3v) is 4.57. The number of fused-ring (bicyclic) bond motifs is 1. The Labute approximate surface area is 140 Å². The normalized spacial score (nSPS) is 16.2. The molecule has 1 unspecified atom stereocenters. The molecule has 0 saturated heterocycles. The molecule has 0 bridgehead atoms. The molecule has 0 radical (unpaired) electrons. The Morgan fingerprint density at radius 1 is 1.29 bits per heavy atom. The SMILES string of the molecule is O=C(CC1Sc2ncccc2NC1=O)NCc1cc(F)cc(F)c1. The van der Waals surface area contributed by atoms with Gasteiger partial charge in [-0.1, -0.05) is 11.8 Å². The topological polar surface area (TPSA) is 71.1 Å². The molecule has 1 aromatic carbocycles. The summed E-state index contributed by atoms with van der Waals surface area (Å²) in [7, 11) is 0. The highest BCUT2D eigenvalue weighted by atomic mass is 32.2. The van der Waals surface area contributed by atoms with Gasteiger partial charge < -0.3 is 10.6 Å². The Kier molecular flexibility index (Phi) is 4.75. The first-order chi connectivity index (χ1) is 11.5. The summed E-state index contributed by atoms with van der Waals surface area (Å²) < 4.78 is 26.2. The monoisotopic (exact) mass is 349 g/mol. The lowest BCUT2D eigenvalue weighted by Crippen LogP contribution is -2.35. The van der Waals surface area contributed by atoms with Crippen LogP contribution in [-0.4, -0.2) is 22.0 Å². The highest BCUT2D eigenvalue weighted by Crippen LogP contribution is 2.34. The lowest BCUT2D eigenvalue weighted by Gasteiger charge is -2.22. The van der Waals surface area contributed by atoms with Gasteiger partial charge in [0.25, 0.3) is 0 Å². The molecule has 8 heteroatoms. The van der Waals surface area contributed by atoms with Gasteiger partial charge in [-0.25, -0.2) is 13.8 Å². The Hall–Kier alpha value is -2.48. The van der Waals surface area contributed by atoms with Crippen molar-refractivity contribution >= 4 is 29.3 Å². The smallest absolute Gasteiger partial charge is 0.238 e. The van der Waals surface area contributed by atoms with Crippen LogP contribution in [0.1, 0.15) is 12.0 Å². The molecule has 1 atom stereocenters. The van der Waals surface area contributed by atoms with E-state index in [1.165, 1.54) is 11.8 Å². The fourth-order valence-corrected chi connectivity index (χ4v) is 3.31. The number of anilines is 1. The average molecular weight is 349 g/mol. The first-order valence-electron chi connectivity index (χ1n) is 7.15. The van der Waals surface area contributed by atoms with Crippen molar-refractivity contribution in [3.63, 3.8) is 0 Å². The van der Waals surface area contributed by atoms with Crippen LogP contribution in [0, 0.1) is 11.6 Å². The summed E-state index contributed by atoms with van der Waals surface area (Å²) in [4.78, 5) is 28.2. The van der Waals surface area contributed by atoms with E-state index in [4.69, 9.17) is 0 Å². The molecule has 2 N–H and O–H groups in total. The number of pyridine rings is 1. The summed E-state index contributed by atoms with van der Waals surface area (Å²) >= 11 is 1.22. The molecular formula is C16H13F2N3O2S. The van der Waals surface area contributed by atoms with Crippen molar-refractivity contribution in [3.05, 3.63) is 53.7 Å². The number of amides is 2. The summed E-state index contributed by atoms with van der Waals surface area (Å²) in [6, 6.07) is 6.50. The number of thioether (sulfide) groups is 1. The fourth-order valence-electron chi connectivity index (χ4n) is 2.27. The van der Waals surface area contributed by atoms with Crippen LogP contribution in [0.25, 0.3) is 0 Å². The maximum Gasteiger partial charge on any atom is 0.238 e. The third-order valence-electron chi connectivity index (χ3n) is 3.36. The molecule has 124 valence electrons. The van der Waals surface area contributed by atoms with Gasteiger partial charge in [-0.3, -0.25) is 9.59 Å². The predicted molar refractivity (Wildman–Crippen MR) is 85.3 cm³/mol. The maximum atomic E-state index is 13.1. The molecule has 2 heterocycles. The number of hydrogen-bond acceptors (Lipinski definition) is 4. The lowest BCUT2D eigenvalue weighted by molar-refractivity contribution is -0.124. The van der Waals surface area contributed by atoms with E-state index in [-0.39, 0.29) is 24.8 Å².